The first-order chi connectivity index (χ1) is 7.29. The van der Waals surface area contributed by atoms with E-state index in [1.807, 2.05) is 18.7 Å². The molecule has 2 atom stereocenters. The summed E-state index contributed by atoms with van der Waals surface area (Å²) < 4.78 is 36.6. The lowest BCUT2D eigenvalue weighted by atomic mass is 10.3. The van der Waals surface area contributed by atoms with Crippen LogP contribution in [0.1, 0.15) is 27.2 Å². The zero-order chi connectivity index (χ0) is 12.8. The predicted molar refractivity (Wildman–Crippen MR) is 63.8 cm³/mol. The van der Waals surface area contributed by atoms with Crippen molar-refractivity contribution >= 4 is 12.6 Å². The molecule has 0 saturated heterocycles. The van der Waals surface area contributed by atoms with Gasteiger partial charge in [0.1, 0.15) is 6.04 Å². The highest BCUT2D eigenvalue weighted by Gasteiger charge is 2.35. The van der Waals surface area contributed by atoms with E-state index in [1.165, 1.54) is 0 Å². The normalized spacial score (nSPS) is 16.5. The van der Waals surface area contributed by atoms with Crippen molar-refractivity contribution in [3.05, 3.63) is 0 Å². The fourth-order valence-electron chi connectivity index (χ4n) is 1.31. The maximum absolute atomic E-state index is 12.2. The van der Waals surface area contributed by atoms with E-state index < -0.39 is 12.2 Å². The summed E-state index contributed by atoms with van der Waals surface area (Å²) in [4.78, 5) is 2.04. The Bertz CT molecular complexity index is 185. The van der Waals surface area contributed by atoms with Gasteiger partial charge in [-0.1, -0.05) is 6.92 Å². The monoisotopic (exact) mass is 258 g/mol. The summed E-state index contributed by atoms with van der Waals surface area (Å²) >= 11 is 4.28. The molecule has 2 nitrogen and oxygen atoms in total. The number of rotatable bonds is 7. The molecule has 2 unspecified atom stereocenters. The summed E-state index contributed by atoms with van der Waals surface area (Å²) in [5.74, 6) is 0. The van der Waals surface area contributed by atoms with Gasteiger partial charge in [0.25, 0.3) is 0 Å². The Hall–Kier alpha value is 0.0600. The van der Waals surface area contributed by atoms with Crippen LogP contribution in [0.15, 0.2) is 0 Å². The molecule has 0 aromatic carbocycles. The Morgan fingerprint density at radius 2 is 1.81 bits per heavy atom. The fraction of sp³-hybridized carbons (Fsp3) is 1.00. The van der Waals surface area contributed by atoms with Crippen LogP contribution in [-0.2, 0) is 0 Å². The first kappa shape index (κ1) is 16.1. The van der Waals surface area contributed by atoms with Gasteiger partial charge in [-0.25, -0.2) is 0 Å². The number of hydrogen-bond acceptors (Lipinski definition) is 3. The number of halogens is 3. The molecular weight excluding hydrogens is 237 g/mol. The van der Waals surface area contributed by atoms with Crippen molar-refractivity contribution in [1.29, 1.82) is 0 Å². The molecule has 16 heavy (non-hydrogen) atoms. The molecule has 0 aromatic heterocycles. The zero-order valence-electron chi connectivity index (χ0n) is 10.0. The first-order valence-corrected chi connectivity index (χ1v) is 6.02. The molecule has 0 rings (SSSR count). The Balaban J connectivity index is 3.86. The third kappa shape index (κ3) is 6.60. The highest BCUT2D eigenvalue weighted by Crippen LogP contribution is 2.19. The summed E-state index contributed by atoms with van der Waals surface area (Å²) in [6, 6.07) is -1.45. The van der Waals surface area contributed by atoms with Crippen LogP contribution < -0.4 is 5.32 Å². The molecule has 0 aliphatic rings. The highest BCUT2D eigenvalue weighted by atomic mass is 32.1. The lowest BCUT2D eigenvalue weighted by Crippen LogP contribution is -2.44. The van der Waals surface area contributed by atoms with Crippen molar-refractivity contribution in [1.82, 2.24) is 10.2 Å². The van der Waals surface area contributed by atoms with E-state index in [9.17, 15) is 13.2 Å². The molecule has 6 heteroatoms. The smallest absolute Gasteiger partial charge is 0.305 e. The fourth-order valence-corrected chi connectivity index (χ4v) is 1.54. The second-order valence-electron chi connectivity index (χ2n) is 3.89. The summed E-state index contributed by atoms with van der Waals surface area (Å²) in [5.41, 5.74) is 0. The van der Waals surface area contributed by atoms with Gasteiger partial charge < -0.3 is 5.32 Å². The van der Waals surface area contributed by atoms with E-state index >= 15 is 0 Å². The SMILES string of the molecule is CCCN(CCNC(C)C(F)(F)F)C(C)S. The molecule has 1 N–H and O–H groups in total. The summed E-state index contributed by atoms with van der Waals surface area (Å²) in [5, 5.41) is 2.54. The lowest BCUT2D eigenvalue weighted by Gasteiger charge is -2.26. The lowest BCUT2D eigenvalue weighted by molar-refractivity contribution is -0.151. The molecule has 98 valence electrons. The van der Waals surface area contributed by atoms with Gasteiger partial charge >= 0.3 is 6.18 Å². The van der Waals surface area contributed by atoms with E-state index in [0.717, 1.165) is 19.9 Å². The van der Waals surface area contributed by atoms with Crippen LogP contribution in [0.3, 0.4) is 0 Å². The van der Waals surface area contributed by atoms with Crippen molar-refractivity contribution in [2.45, 2.75) is 44.8 Å². The molecule has 0 fully saturated rings. The molecule has 0 aliphatic carbocycles. The Kier molecular flexibility index (Phi) is 7.43. The van der Waals surface area contributed by atoms with Crippen molar-refractivity contribution in [2.75, 3.05) is 19.6 Å². The Labute approximate surface area is 101 Å². The first-order valence-electron chi connectivity index (χ1n) is 5.51. The zero-order valence-corrected chi connectivity index (χ0v) is 10.9. The van der Waals surface area contributed by atoms with Gasteiger partial charge in [-0.2, -0.15) is 25.8 Å². The molecule has 0 aliphatic heterocycles. The van der Waals surface area contributed by atoms with E-state index in [0.29, 0.717) is 13.1 Å². The van der Waals surface area contributed by atoms with E-state index in [-0.39, 0.29) is 5.37 Å². The minimum Gasteiger partial charge on any atom is -0.305 e. The number of alkyl halides is 3. The van der Waals surface area contributed by atoms with Crippen molar-refractivity contribution in [3.8, 4) is 0 Å². The number of thiol groups is 1. The van der Waals surface area contributed by atoms with Crippen molar-refractivity contribution < 1.29 is 13.2 Å². The highest BCUT2D eigenvalue weighted by molar-refractivity contribution is 7.80. The van der Waals surface area contributed by atoms with Crippen LogP contribution in [-0.4, -0.2) is 42.1 Å². The van der Waals surface area contributed by atoms with E-state index in [1.54, 1.807) is 0 Å². The third-order valence-corrected chi connectivity index (χ3v) is 2.71. The van der Waals surface area contributed by atoms with Gasteiger partial charge in [-0.3, -0.25) is 4.90 Å². The van der Waals surface area contributed by atoms with Crippen molar-refractivity contribution in [2.24, 2.45) is 0 Å². The summed E-state index contributed by atoms with van der Waals surface area (Å²) in [7, 11) is 0. The van der Waals surface area contributed by atoms with Crippen LogP contribution in [0.4, 0.5) is 13.2 Å². The standard InChI is InChI=1S/C10H21F3N2S/c1-4-6-15(9(3)16)7-5-14-8(2)10(11,12)13/h8-9,14,16H,4-7H2,1-3H3. The average Bonchev–Trinajstić information content (AvgIpc) is 2.14. The van der Waals surface area contributed by atoms with Gasteiger partial charge in [0.2, 0.25) is 0 Å². The molecule has 0 radical (unpaired) electrons. The second-order valence-corrected chi connectivity index (χ2v) is 4.63. The molecule has 0 aromatic rings. The summed E-state index contributed by atoms with van der Waals surface area (Å²) in [6.07, 6.45) is -3.19. The van der Waals surface area contributed by atoms with Gasteiger partial charge in [0.05, 0.1) is 0 Å². The van der Waals surface area contributed by atoms with E-state index in [4.69, 9.17) is 0 Å². The minimum atomic E-state index is -4.16. The maximum atomic E-state index is 12.2. The molecule has 0 saturated carbocycles. The predicted octanol–water partition coefficient (Wildman–Crippen LogP) is 2.51. The van der Waals surface area contributed by atoms with Crippen LogP contribution in [0.2, 0.25) is 0 Å². The number of nitrogens with one attached hydrogen (secondary N) is 1. The third-order valence-electron chi connectivity index (χ3n) is 2.38. The van der Waals surface area contributed by atoms with Crippen LogP contribution in [0.25, 0.3) is 0 Å². The van der Waals surface area contributed by atoms with Gasteiger partial charge in [0.15, 0.2) is 0 Å². The summed E-state index contributed by atoms with van der Waals surface area (Å²) in [6.45, 7) is 6.85. The van der Waals surface area contributed by atoms with Gasteiger partial charge in [-0.05, 0) is 26.8 Å². The number of hydrogen-bond donors (Lipinski definition) is 2. The quantitative estimate of drug-likeness (QED) is 0.539. The minimum absolute atomic E-state index is 0.0722. The molecule has 0 spiro atoms. The van der Waals surface area contributed by atoms with Crippen LogP contribution in [0.5, 0.6) is 0 Å². The average molecular weight is 258 g/mol. The molecular formula is C10H21F3N2S. The van der Waals surface area contributed by atoms with Crippen LogP contribution in [0, 0.1) is 0 Å². The van der Waals surface area contributed by atoms with Gasteiger partial charge in [0, 0.05) is 18.5 Å². The topological polar surface area (TPSA) is 15.3 Å². The maximum Gasteiger partial charge on any atom is 0.403 e. The van der Waals surface area contributed by atoms with Crippen molar-refractivity contribution in [3.63, 3.8) is 0 Å². The molecule has 0 bridgehead atoms. The van der Waals surface area contributed by atoms with E-state index in [2.05, 4.69) is 17.9 Å². The number of nitrogens with zero attached hydrogens (tertiary/aromatic N) is 1. The Morgan fingerprint density at radius 3 is 2.19 bits per heavy atom. The van der Waals surface area contributed by atoms with Crippen LogP contribution >= 0.6 is 12.6 Å². The van der Waals surface area contributed by atoms with Gasteiger partial charge in [-0.15, -0.1) is 0 Å². The second kappa shape index (κ2) is 7.40. The molecule has 0 amide bonds. The molecule has 0 heterocycles. The Morgan fingerprint density at radius 1 is 1.25 bits per heavy atom. The largest absolute Gasteiger partial charge is 0.403 e.